The fourth-order valence-corrected chi connectivity index (χ4v) is 3.53. The number of para-hydroxylation sites is 1. The van der Waals surface area contributed by atoms with Crippen molar-refractivity contribution in [3.63, 3.8) is 0 Å². The van der Waals surface area contributed by atoms with Gasteiger partial charge in [0.1, 0.15) is 18.1 Å². The van der Waals surface area contributed by atoms with E-state index in [-0.39, 0.29) is 0 Å². The van der Waals surface area contributed by atoms with Crippen molar-refractivity contribution >= 4 is 0 Å². The van der Waals surface area contributed by atoms with Crippen LogP contribution in [0, 0.1) is 0 Å². The Morgan fingerprint density at radius 3 is 2.50 bits per heavy atom. The van der Waals surface area contributed by atoms with Crippen LogP contribution >= 0.6 is 0 Å². The highest BCUT2D eigenvalue weighted by Crippen LogP contribution is 2.40. The lowest BCUT2D eigenvalue weighted by atomic mass is 9.93. The molecule has 0 unspecified atom stereocenters. The minimum atomic E-state index is 0.581. The lowest BCUT2D eigenvalue weighted by molar-refractivity contribution is 0.298. The van der Waals surface area contributed by atoms with Gasteiger partial charge < -0.3 is 9.47 Å². The molecule has 0 heterocycles. The number of ether oxygens (including phenoxy) is 2. The molecule has 1 aliphatic rings. The van der Waals surface area contributed by atoms with Crippen molar-refractivity contribution in [3.8, 4) is 11.5 Å². The topological polar surface area (TPSA) is 18.5 Å². The number of methoxy groups -OCH3 is 1. The van der Waals surface area contributed by atoms with Crippen molar-refractivity contribution in [2.24, 2.45) is 0 Å². The first-order valence-corrected chi connectivity index (χ1v) is 8.80. The van der Waals surface area contributed by atoms with E-state index in [1.165, 1.54) is 36.8 Å². The average Bonchev–Trinajstić information content (AvgIpc) is 3.15. The summed E-state index contributed by atoms with van der Waals surface area (Å²) in [6.07, 6.45) is 8.00. The van der Waals surface area contributed by atoms with E-state index in [0.29, 0.717) is 12.5 Å². The summed E-state index contributed by atoms with van der Waals surface area (Å²) in [6, 6.07) is 14.6. The molecule has 2 heteroatoms. The Bertz CT molecular complexity index is 667. The number of rotatable bonds is 7. The minimum Gasteiger partial charge on any atom is -0.497 e. The second-order valence-electron chi connectivity index (χ2n) is 6.45. The molecule has 0 amide bonds. The predicted molar refractivity (Wildman–Crippen MR) is 98.9 cm³/mol. The molecule has 0 radical (unpaired) electrons. The van der Waals surface area contributed by atoms with Gasteiger partial charge in [-0.05, 0) is 54.0 Å². The maximum atomic E-state index is 6.30. The van der Waals surface area contributed by atoms with Gasteiger partial charge in [0, 0.05) is 0 Å². The molecular formula is C22H26O2. The van der Waals surface area contributed by atoms with Gasteiger partial charge in [-0.1, -0.05) is 49.2 Å². The van der Waals surface area contributed by atoms with Crippen LogP contribution in [0.15, 0.2) is 55.1 Å². The smallest absolute Gasteiger partial charge is 0.126 e. The van der Waals surface area contributed by atoms with Crippen LogP contribution in [0.25, 0.3) is 0 Å². The maximum Gasteiger partial charge on any atom is 0.126 e. The molecule has 1 aliphatic carbocycles. The molecule has 2 aromatic carbocycles. The highest BCUT2D eigenvalue weighted by atomic mass is 16.5. The maximum absolute atomic E-state index is 6.30. The molecule has 1 saturated carbocycles. The zero-order chi connectivity index (χ0) is 16.8. The second-order valence-corrected chi connectivity index (χ2v) is 6.45. The van der Waals surface area contributed by atoms with Gasteiger partial charge >= 0.3 is 0 Å². The summed E-state index contributed by atoms with van der Waals surface area (Å²) >= 11 is 0. The first-order chi connectivity index (χ1) is 11.8. The quantitative estimate of drug-likeness (QED) is 0.612. The summed E-state index contributed by atoms with van der Waals surface area (Å²) in [7, 11) is 1.69. The van der Waals surface area contributed by atoms with Crippen LogP contribution in [0.1, 0.15) is 48.3 Å². The van der Waals surface area contributed by atoms with Gasteiger partial charge in [0.05, 0.1) is 7.11 Å². The Kier molecular flexibility index (Phi) is 5.58. The van der Waals surface area contributed by atoms with Crippen LogP contribution in [0.4, 0.5) is 0 Å². The summed E-state index contributed by atoms with van der Waals surface area (Å²) < 4.78 is 11.5. The molecule has 0 N–H and O–H groups in total. The molecule has 0 aliphatic heterocycles. The standard InChI is InChI=1S/C22H26O2/c1-3-7-19-10-6-11-21(18-8-4-5-9-18)22(19)24-16-17-12-14-20(23-2)15-13-17/h3,6,10-15,18H,1,4-5,7-9,16H2,2H3. The van der Waals surface area contributed by atoms with Crippen LogP contribution in [-0.4, -0.2) is 7.11 Å². The summed E-state index contributed by atoms with van der Waals surface area (Å²) in [6.45, 7) is 4.47. The van der Waals surface area contributed by atoms with Gasteiger partial charge in [0.25, 0.3) is 0 Å². The Morgan fingerprint density at radius 2 is 1.83 bits per heavy atom. The lowest BCUT2D eigenvalue weighted by Crippen LogP contribution is -2.04. The fourth-order valence-electron chi connectivity index (χ4n) is 3.53. The van der Waals surface area contributed by atoms with Crippen molar-refractivity contribution in [1.82, 2.24) is 0 Å². The number of hydrogen-bond acceptors (Lipinski definition) is 2. The van der Waals surface area contributed by atoms with E-state index in [1.54, 1.807) is 7.11 Å². The van der Waals surface area contributed by atoms with E-state index in [4.69, 9.17) is 9.47 Å². The summed E-state index contributed by atoms with van der Waals surface area (Å²) in [5.74, 6) is 2.58. The minimum absolute atomic E-state index is 0.581. The largest absolute Gasteiger partial charge is 0.497 e. The monoisotopic (exact) mass is 322 g/mol. The van der Waals surface area contributed by atoms with Crippen molar-refractivity contribution in [3.05, 3.63) is 71.8 Å². The summed E-state index contributed by atoms with van der Waals surface area (Å²) in [5.41, 5.74) is 3.77. The molecule has 0 saturated heterocycles. The highest BCUT2D eigenvalue weighted by Gasteiger charge is 2.22. The van der Waals surface area contributed by atoms with E-state index in [9.17, 15) is 0 Å². The average molecular weight is 322 g/mol. The van der Waals surface area contributed by atoms with Gasteiger partial charge in [-0.3, -0.25) is 0 Å². The van der Waals surface area contributed by atoms with Crippen molar-refractivity contribution in [2.45, 2.75) is 44.6 Å². The summed E-state index contributed by atoms with van der Waals surface area (Å²) in [4.78, 5) is 0. The molecule has 126 valence electrons. The van der Waals surface area contributed by atoms with Crippen molar-refractivity contribution < 1.29 is 9.47 Å². The molecule has 2 nitrogen and oxygen atoms in total. The number of benzene rings is 2. The van der Waals surface area contributed by atoms with Gasteiger partial charge in [-0.25, -0.2) is 0 Å². The molecule has 0 spiro atoms. The molecule has 0 bridgehead atoms. The molecule has 2 aromatic rings. The number of allylic oxidation sites excluding steroid dienone is 1. The van der Waals surface area contributed by atoms with Gasteiger partial charge in [0.2, 0.25) is 0 Å². The highest BCUT2D eigenvalue weighted by molar-refractivity contribution is 5.45. The molecule has 3 rings (SSSR count). The van der Waals surface area contributed by atoms with Gasteiger partial charge in [-0.15, -0.1) is 6.58 Å². The van der Waals surface area contributed by atoms with Crippen LogP contribution < -0.4 is 9.47 Å². The molecular weight excluding hydrogens is 296 g/mol. The van der Waals surface area contributed by atoms with E-state index in [2.05, 4.69) is 36.9 Å². The van der Waals surface area contributed by atoms with Crippen LogP contribution in [-0.2, 0) is 13.0 Å². The Balaban J connectivity index is 1.82. The van der Waals surface area contributed by atoms with Crippen LogP contribution in [0.3, 0.4) is 0 Å². The first-order valence-electron chi connectivity index (χ1n) is 8.80. The lowest BCUT2D eigenvalue weighted by Gasteiger charge is -2.19. The third-order valence-corrected chi connectivity index (χ3v) is 4.83. The summed E-state index contributed by atoms with van der Waals surface area (Å²) in [5, 5.41) is 0. The normalized spacial score (nSPS) is 14.5. The first kappa shape index (κ1) is 16.6. The van der Waals surface area contributed by atoms with E-state index in [0.717, 1.165) is 23.5 Å². The van der Waals surface area contributed by atoms with Crippen LogP contribution in [0.5, 0.6) is 11.5 Å². The third-order valence-electron chi connectivity index (χ3n) is 4.83. The van der Waals surface area contributed by atoms with Crippen LogP contribution in [0.2, 0.25) is 0 Å². The number of hydrogen-bond donors (Lipinski definition) is 0. The van der Waals surface area contributed by atoms with E-state index >= 15 is 0 Å². The Hall–Kier alpha value is -2.22. The zero-order valence-electron chi connectivity index (χ0n) is 14.5. The second kappa shape index (κ2) is 8.05. The Labute approximate surface area is 145 Å². The molecule has 24 heavy (non-hydrogen) atoms. The third kappa shape index (κ3) is 3.81. The van der Waals surface area contributed by atoms with E-state index < -0.39 is 0 Å². The van der Waals surface area contributed by atoms with Gasteiger partial charge in [-0.2, -0.15) is 0 Å². The SMILES string of the molecule is C=CCc1cccc(C2CCCC2)c1OCc1ccc(OC)cc1. The molecule has 1 fully saturated rings. The fraction of sp³-hybridized carbons (Fsp3) is 0.364. The molecule has 0 atom stereocenters. The Morgan fingerprint density at radius 1 is 1.08 bits per heavy atom. The van der Waals surface area contributed by atoms with Crippen molar-refractivity contribution in [2.75, 3.05) is 7.11 Å². The van der Waals surface area contributed by atoms with Crippen molar-refractivity contribution in [1.29, 1.82) is 0 Å². The molecule has 0 aromatic heterocycles. The van der Waals surface area contributed by atoms with E-state index in [1.807, 2.05) is 18.2 Å². The van der Waals surface area contributed by atoms with Gasteiger partial charge in [0.15, 0.2) is 0 Å². The zero-order valence-corrected chi connectivity index (χ0v) is 14.5. The predicted octanol–water partition coefficient (Wildman–Crippen LogP) is 5.66.